The Bertz CT molecular complexity index is 1300. The summed E-state index contributed by atoms with van der Waals surface area (Å²) < 4.78 is 7.24. The number of allylic oxidation sites excluding steroid dienone is 1. The summed E-state index contributed by atoms with van der Waals surface area (Å²) in [5, 5.41) is 0.526. The molecule has 31 heavy (non-hydrogen) atoms. The fourth-order valence-corrected chi connectivity index (χ4v) is 4.03. The van der Waals surface area contributed by atoms with E-state index < -0.39 is 0 Å². The Labute approximate surface area is 181 Å². The minimum atomic E-state index is -0.295. The second-order valence-corrected chi connectivity index (χ2v) is 8.55. The monoisotopic (exact) mass is 414 g/mol. The van der Waals surface area contributed by atoms with Crippen molar-refractivity contribution in [2.75, 3.05) is 7.11 Å². The van der Waals surface area contributed by atoms with Crippen molar-refractivity contribution >= 4 is 22.4 Å². The van der Waals surface area contributed by atoms with Crippen molar-refractivity contribution in [3.63, 3.8) is 0 Å². The van der Waals surface area contributed by atoms with E-state index in [1.807, 2.05) is 35.8 Å². The number of ether oxygens (including phenoxy) is 1. The van der Waals surface area contributed by atoms with Gasteiger partial charge in [-0.2, -0.15) is 0 Å². The van der Waals surface area contributed by atoms with Crippen LogP contribution in [0.2, 0.25) is 0 Å². The largest absolute Gasteiger partial charge is 0.496 e. The number of para-hydroxylation sites is 1. The number of carbonyl (C=O) groups excluding carboxylic acids is 1. The zero-order valence-electron chi connectivity index (χ0n) is 18.3. The Morgan fingerprint density at radius 1 is 1.19 bits per heavy atom. The number of nitrogens with zero attached hydrogens (tertiary/aromatic N) is 2. The maximum absolute atomic E-state index is 13.3. The first kappa shape index (κ1) is 20.8. The van der Waals surface area contributed by atoms with Gasteiger partial charge in [-0.1, -0.05) is 18.2 Å². The van der Waals surface area contributed by atoms with Crippen molar-refractivity contribution < 1.29 is 9.53 Å². The molecule has 3 aromatic rings. The second-order valence-electron chi connectivity index (χ2n) is 8.55. The number of hydrogen-bond donors (Lipinski definition) is 0. The number of aryl methyl sites for hydroxylation is 1. The summed E-state index contributed by atoms with van der Waals surface area (Å²) in [6.45, 7) is 6.56. The number of methoxy groups -OCH3 is 1. The third-order valence-corrected chi connectivity index (χ3v) is 5.60. The van der Waals surface area contributed by atoms with E-state index in [-0.39, 0.29) is 22.3 Å². The van der Waals surface area contributed by atoms with Crippen LogP contribution in [0.25, 0.3) is 10.9 Å². The number of fused-ring (bicyclic) bond motifs is 1. The molecule has 2 aromatic carbocycles. The molecule has 0 atom stereocenters. The van der Waals surface area contributed by atoms with Gasteiger partial charge in [0.15, 0.2) is 5.78 Å². The predicted octanol–water partition coefficient (Wildman–Crippen LogP) is 4.73. The van der Waals surface area contributed by atoms with Gasteiger partial charge in [0.25, 0.3) is 0 Å². The van der Waals surface area contributed by atoms with E-state index in [2.05, 4.69) is 19.9 Å². The SMILES string of the molecule is COc1ccc(C(=O)c2cn(CC3=NC(C)(C)CC=C3)c3ccccc3c2=O)cc1C. The maximum Gasteiger partial charge on any atom is 0.200 e. The zero-order chi connectivity index (χ0) is 22.2. The van der Waals surface area contributed by atoms with E-state index in [0.717, 1.165) is 23.2 Å². The summed E-state index contributed by atoms with van der Waals surface area (Å²) in [6.07, 6.45) is 6.71. The molecule has 0 N–H and O–H groups in total. The van der Waals surface area contributed by atoms with Gasteiger partial charge in [0.1, 0.15) is 5.75 Å². The Morgan fingerprint density at radius 2 is 1.97 bits per heavy atom. The summed E-state index contributed by atoms with van der Waals surface area (Å²) in [6, 6.07) is 12.6. The van der Waals surface area contributed by atoms with Crippen LogP contribution in [0.3, 0.4) is 0 Å². The molecule has 0 saturated heterocycles. The number of hydrogen-bond acceptors (Lipinski definition) is 4. The van der Waals surface area contributed by atoms with Gasteiger partial charge in [-0.3, -0.25) is 14.6 Å². The molecule has 0 unspecified atom stereocenters. The van der Waals surface area contributed by atoms with E-state index in [9.17, 15) is 9.59 Å². The fraction of sp³-hybridized carbons (Fsp3) is 0.269. The molecule has 1 aromatic heterocycles. The highest BCUT2D eigenvalue weighted by Crippen LogP contribution is 2.23. The van der Waals surface area contributed by atoms with Gasteiger partial charge < -0.3 is 9.30 Å². The van der Waals surface area contributed by atoms with Crippen LogP contribution in [0.5, 0.6) is 5.75 Å². The fourth-order valence-electron chi connectivity index (χ4n) is 4.03. The van der Waals surface area contributed by atoms with Gasteiger partial charge >= 0.3 is 0 Å². The average molecular weight is 415 g/mol. The highest BCUT2D eigenvalue weighted by atomic mass is 16.5. The molecule has 0 saturated carbocycles. The summed E-state index contributed by atoms with van der Waals surface area (Å²) in [4.78, 5) is 31.3. The summed E-state index contributed by atoms with van der Waals surface area (Å²) in [5.41, 5.74) is 2.76. The van der Waals surface area contributed by atoms with Gasteiger partial charge in [0.05, 0.1) is 36.0 Å². The van der Waals surface area contributed by atoms with Gasteiger partial charge in [-0.05, 0) is 69.2 Å². The van der Waals surface area contributed by atoms with Crippen LogP contribution in [0.4, 0.5) is 0 Å². The summed E-state index contributed by atoms with van der Waals surface area (Å²) in [7, 11) is 1.59. The minimum Gasteiger partial charge on any atom is -0.496 e. The molecule has 0 bridgehead atoms. The number of rotatable bonds is 5. The van der Waals surface area contributed by atoms with Crippen molar-refractivity contribution in [3.8, 4) is 5.75 Å². The maximum atomic E-state index is 13.3. The predicted molar refractivity (Wildman–Crippen MR) is 125 cm³/mol. The van der Waals surface area contributed by atoms with Crippen LogP contribution in [0.15, 0.2) is 70.6 Å². The standard InChI is InChI=1S/C26H26N2O3/c1-17-14-18(11-12-23(17)31-4)24(29)21-16-28(15-19-8-7-13-26(2,3)27-19)22-10-6-5-9-20(22)25(21)30/h5-12,14,16H,13,15H2,1-4H3. The lowest BCUT2D eigenvalue weighted by Crippen LogP contribution is -2.25. The van der Waals surface area contributed by atoms with E-state index in [4.69, 9.17) is 9.73 Å². The normalized spacial score (nSPS) is 15.0. The topological polar surface area (TPSA) is 60.7 Å². The van der Waals surface area contributed by atoms with E-state index in [1.54, 1.807) is 37.6 Å². The molecule has 4 rings (SSSR count). The van der Waals surface area contributed by atoms with Crippen molar-refractivity contribution in [1.82, 2.24) is 4.57 Å². The van der Waals surface area contributed by atoms with Crippen molar-refractivity contribution in [3.05, 3.63) is 87.7 Å². The Kier molecular flexibility index (Phi) is 5.36. The zero-order valence-corrected chi connectivity index (χ0v) is 18.3. The minimum absolute atomic E-state index is 0.155. The lowest BCUT2D eigenvalue weighted by atomic mass is 9.97. The number of aromatic nitrogens is 1. The molecule has 158 valence electrons. The smallest absolute Gasteiger partial charge is 0.200 e. The number of ketones is 1. The van der Waals surface area contributed by atoms with E-state index in [1.165, 1.54) is 0 Å². The van der Waals surface area contributed by atoms with Crippen LogP contribution in [0, 0.1) is 6.92 Å². The molecule has 5 nitrogen and oxygen atoms in total. The van der Waals surface area contributed by atoms with Crippen LogP contribution in [0.1, 0.15) is 41.8 Å². The molecule has 0 aliphatic carbocycles. The molecular weight excluding hydrogens is 388 g/mol. The Morgan fingerprint density at radius 3 is 2.68 bits per heavy atom. The highest BCUT2D eigenvalue weighted by Gasteiger charge is 2.21. The van der Waals surface area contributed by atoms with E-state index in [0.29, 0.717) is 23.2 Å². The molecule has 0 amide bonds. The van der Waals surface area contributed by atoms with Crippen LogP contribution in [-0.4, -0.2) is 28.7 Å². The Balaban J connectivity index is 1.83. The number of benzene rings is 2. The number of carbonyl (C=O) groups is 1. The molecule has 0 spiro atoms. The second kappa shape index (κ2) is 7.99. The lowest BCUT2D eigenvalue weighted by Gasteiger charge is -2.23. The molecule has 5 heteroatoms. The van der Waals surface area contributed by atoms with Crippen LogP contribution < -0.4 is 10.2 Å². The van der Waals surface area contributed by atoms with Crippen molar-refractivity contribution in [2.45, 2.75) is 39.3 Å². The van der Waals surface area contributed by atoms with Crippen molar-refractivity contribution in [2.24, 2.45) is 4.99 Å². The van der Waals surface area contributed by atoms with E-state index >= 15 is 0 Å². The Hall–Kier alpha value is -3.47. The third kappa shape index (κ3) is 4.08. The van der Waals surface area contributed by atoms with Crippen molar-refractivity contribution in [1.29, 1.82) is 0 Å². The summed E-state index contributed by atoms with van der Waals surface area (Å²) >= 11 is 0. The molecular formula is C26H26N2O3. The molecule has 0 radical (unpaired) electrons. The molecule has 1 aliphatic heterocycles. The van der Waals surface area contributed by atoms with Crippen LogP contribution >= 0.6 is 0 Å². The van der Waals surface area contributed by atoms with Crippen LogP contribution in [-0.2, 0) is 6.54 Å². The molecule has 0 fully saturated rings. The number of dihydropyridines is 1. The lowest BCUT2D eigenvalue weighted by molar-refractivity contribution is 0.103. The quantitative estimate of drug-likeness (QED) is 0.567. The van der Waals surface area contributed by atoms with Gasteiger partial charge in [0, 0.05) is 17.1 Å². The van der Waals surface area contributed by atoms with Gasteiger partial charge in [-0.25, -0.2) is 0 Å². The molecule has 1 aliphatic rings. The van der Waals surface area contributed by atoms with Gasteiger partial charge in [0.2, 0.25) is 5.43 Å². The average Bonchev–Trinajstić information content (AvgIpc) is 2.74. The third-order valence-electron chi connectivity index (χ3n) is 5.60. The molecule has 2 heterocycles. The first-order valence-electron chi connectivity index (χ1n) is 10.4. The van der Waals surface area contributed by atoms with Gasteiger partial charge in [-0.15, -0.1) is 0 Å². The highest BCUT2D eigenvalue weighted by molar-refractivity contribution is 6.10. The first-order valence-corrected chi connectivity index (χ1v) is 10.4. The number of pyridine rings is 1. The first-order chi connectivity index (χ1) is 14.8. The summed E-state index contributed by atoms with van der Waals surface area (Å²) in [5.74, 6) is 0.411. The number of aliphatic imine (C=N–C) groups is 1.